The van der Waals surface area contributed by atoms with E-state index in [1.807, 2.05) is 0 Å². The van der Waals surface area contributed by atoms with Gasteiger partial charge in [0.1, 0.15) is 0 Å². The Labute approximate surface area is 201 Å². The first kappa shape index (κ1) is 25.0. The van der Waals surface area contributed by atoms with E-state index >= 15 is 0 Å². The number of para-hydroxylation sites is 1. The Hall–Kier alpha value is -3.09. The molecule has 184 valence electrons. The van der Waals surface area contributed by atoms with E-state index in [0.717, 1.165) is 47.6 Å². The summed E-state index contributed by atoms with van der Waals surface area (Å²) in [7, 11) is -2.71. The molecule has 0 aliphatic carbocycles. The first-order chi connectivity index (χ1) is 16.3. The highest BCUT2D eigenvalue weighted by Crippen LogP contribution is 2.41. The molecule has 0 saturated carbocycles. The minimum atomic E-state index is -4.75. The van der Waals surface area contributed by atoms with Crippen LogP contribution < -0.4 is 0 Å². The van der Waals surface area contributed by atoms with Gasteiger partial charge in [0.15, 0.2) is 15.5 Å². The normalized spacial score (nSPS) is 12.8. The molecule has 2 aromatic heterocycles. The van der Waals surface area contributed by atoms with Crippen molar-refractivity contribution in [2.24, 2.45) is 0 Å². The lowest BCUT2D eigenvalue weighted by Crippen LogP contribution is -2.17. The number of rotatable bonds is 6. The number of ether oxygens (including phenoxy) is 1. The van der Waals surface area contributed by atoms with Crippen LogP contribution in [0.5, 0.6) is 0 Å². The summed E-state index contributed by atoms with van der Waals surface area (Å²) in [5.41, 5.74) is -1.80. The minimum absolute atomic E-state index is 0.0102. The van der Waals surface area contributed by atoms with E-state index in [2.05, 4.69) is 9.84 Å². The largest absolute Gasteiger partial charge is 0.418 e. The van der Waals surface area contributed by atoms with Crippen LogP contribution in [0, 0.1) is 0 Å². The maximum Gasteiger partial charge on any atom is 0.418 e. The first-order valence-electron chi connectivity index (χ1n) is 9.92. The van der Waals surface area contributed by atoms with Gasteiger partial charge in [0, 0.05) is 18.2 Å². The molecule has 0 saturated heterocycles. The number of methoxy groups -OCH3 is 1. The van der Waals surface area contributed by atoms with Crippen molar-refractivity contribution in [3.63, 3.8) is 0 Å². The maximum absolute atomic E-state index is 14.3. The third kappa shape index (κ3) is 5.00. The lowest BCUT2D eigenvalue weighted by Gasteiger charge is -2.14. The molecule has 2 heterocycles. The van der Waals surface area contributed by atoms with Crippen LogP contribution in [0.2, 0.25) is 0 Å². The number of halogens is 5. The van der Waals surface area contributed by atoms with Crippen molar-refractivity contribution in [3.05, 3.63) is 78.0 Å². The fourth-order valence-corrected chi connectivity index (χ4v) is 5.07. The Balaban J connectivity index is 1.89. The van der Waals surface area contributed by atoms with Crippen molar-refractivity contribution in [2.75, 3.05) is 13.4 Å². The van der Waals surface area contributed by atoms with Gasteiger partial charge >= 0.3 is 12.3 Å². The summed E-state index contributed by atoms with van der Waals surface area (Å²) in [6.45, 7) is 0. The summed E-state index contributed by atoms with van der Waals surface area (Å²) in [6, 6.07) is 14.8. The second-order valence-electron chi connectivity index (χ2n) is 7.53. The highest BCUT2D eigenvalue weighted by Gasteiger charge is 2.38. The summed E-state index contributed by atoms with van der Waals surface area (Å²) in [4.78, 5) is 1.02. The van der Waals surface area contributed by atoms with Crippen LogP contribution >= 0.6 is 11.3 Å². The van der Waals surface area contributed by atoms with Crippen molar-refractivity contribution < 1.29 is 35.1 Å². The lowest BCUT2D eigenvalue weighted by molar-refractivity contribution is -0.234. The van der Waals surface area contributed by atoms with E-state index in [1.54, 1.807) is 24.3 Å². The Kier molecular flexibility index (Phi) is 6.32. The molecule has 5 nitrogen and oxygen atoms in total. The van der Waals surface area contributed by atoms with Crippen LogP contribution in [-0.4, -0.2) is 31.6 Å². The van der Waals surface area contributed by atoms with Crippen molar-refractivity contribution >= 4 is 21.2 Å². The zero-order valence-electron chi connectivity index (χ0n) is 18.2. The number of aromatic nitrogens is 2. The van der Waals surface area contributed by atoms with Crippen LogP contribution in [0.4, 0.5) is 22.0 Å². The van der Waals surface area contributed by atoms with Crippen molar-refractivity contribution in [1.82, 2.24) is 9.78 Å². The Morgan fingerprint density at radius 3 is 2.26 bits per heavy atom. The summed E-state index contributed by atoms with van der Waals surface area (Å²) in [6.07, 6.45) is -7.52. The third-order valence-corrected chi connectivity index (χ3v) is 7.37. The number of nitrogens with zero attached hydrogens (tertiary/aromatic N) is 2. The monoisotopic (exact) mass is 528 g/mol. The molecule has 0 spiro atoms. The second kappa shape index (κ2) is 8.85. The number of hydrogen-bond acceptors (Lipinski definition) is 5. The summed E-state index contributed by atoms with van der Waals surface area (Å²) in [5, 5.41) is 3.77. The van der Waals surface area contributed by atoms with Crippen molar-refractivity contribution in [3.8, 4) is 26.7 Å². The van der Waals surface area contributed by atoms with Crippen LogP contribution in [0.3, 0.4) is 0 Å². The molecule has 0 unspecified atom stereocenters. The van der Waals surface area contributed by atoms with Gasteiger partial charge in [-0.1, -0.05) is 24.3 Å². The Morgan fingerprint density at radius 1 is 0.914 bits per heavy atom. The molecule has 12 heteroatoms. The number of thiophene rings is 1. The van der Waals surface area contributed by atoms with Gasteiger partial charge in [-0.25, -0.2) is 13.1 Å². The molecule has 4 rings (SSSR count). The predicted octanol–water partition coefficient (Wildman–Crippen LogP) is 6.39. The molecule has 0 amide bonds. The highest BCUT2D eigenvalue weighted by atomic mass is 32.2. The average Bonchev–Trinajstić information content (AvgIpc) is 3.46. The van der Waals surface area contributed by atoms with Gasteiger partial charge in [-0.05, 0) is 48.0 Å². The van der Waals surface area contributed by atoms with E-state index in [0.29, 0.717) is 15.3 Å². The molecule has 0 radical (unpaired) electrons. The molecule has 0 atom stereocenters. The van der Waals surface area contributed by atoms with Crippen molar-refractivity contribution in [2.45, 2.75) is 17.2 Å². The van der Waals surface area contributed by atoms with E-state index < -0.39 is 39.1 Å². The molecular weight excluding hydrogens is 511 g/mol. The van der Waals surface area contributed by atoms with Crippen LogP contribution in [0.1, 0.15) is 11.3 Å². The average molecular weight is 529 g/mol. The SMILES string of the molecule is COC(F)(F)c1cc(-c2ccc(-c3cccc(S(C)(=O)=O)c3)s2)n(-c2ccccc2C(F)(F)F)n1. The Morgan fingerprint density at radius 2 is 1.60 bits per heavy atom. The number of sulfone groups is 1. The van der Waals surface area contributed by atoms with E-state index in [9.17, 15) is 30.4 Å². The van der Waals surface area contributed by atoms with Crippen molar-refractivity contribution in [1.29, 1.82) is 0 Å². The Bertz CT molecular complexity index is 1490. The number of benzene rings is 2. The first-order valence-corrected chi connectivity index (χ1v) is 12.6. The van der Waals surface area contributed by atoms with E-state index in [4.69, 9.17) is 0 Å². The van der Waals surface area contributed by atoms with Gasteiger partial charge in [0.25, 0.3) is 0 Å². The van der Waals surface area contributed by atoms with Gasteiger partial charge in [-0.2, -0.15) is 27.1 Å². The third-order valence-electron chi connectivity index (χ3n) is 5.11. The molecule has 0 aliphatic rings. The maximum atomic E-state index is 14.3. The second-order valence-corrected chi connectivity index (χ2v) is 10.6. The molecule has 0 bridgehead atoms. The summed E-state index contributed by atoms with van der Waals surface area (Å²) in [5.74, 6) is 0. The zero-order chi connectivity index (χ0) is 25.6. The van der Waals surface area contributed by atoms with E-state index in [-0.39, 0.29) is 10.6 Å². The van der Waals surface area contributed by atoms with Gasteiger partial charge in [-0.15, -0.1) is 11.3 Å². The fraction of sp³-hybridized carbons (Fsp3) is 0.174. The molecule has 4 aromatic rings. The molecule has 2 aromatic carbocycles. The number of hydrogen-bond donors (Lipinski definition) is 0. The smallest absolute Gasteiger partial charge is 0.319 e. The molecular formula is C23H17F5N2O3S2. The minimum Gasteiger partial charge on any atom is -0.319 e. The molecule has 0 N–H and O–H groups in total. The fourth-order valence-electron chi connectivity index (χ4n) is 3.40. The number of alkyl halides is 5. The summed E-state index contributed by atoms with van der Waals surface area (Å²) < 4.78 is 98.4. The molecule has 35 heavy (non-hydrogen) atoms. The van der Waals surface area contributed by atoms with Gasteiger partial charge in [0.05, 0.1) is 26.7 Å². The van der Waals surface area contributed by atoms with Gasteiger partial charge in [-0.3, -0.25) is 0 Å². The standard InChI is InChI=1S/C23H17F5N2O3S2/c1-33-23(27,28)21-13-18(30(29-21)17-9-4-3-8-16(17)22(24,25)26)20-11-10-19(34-20)14-6-5-7-15(12-14)35(2,31)32/h3-13H,1-2H3. The van der Waals surface area contributed by atoms with Gasteiger partial charge in [0.2, 0.25) is 0 Å². The van der Waals surface area contributed by atoms with Gasteiger partial charge < -0.3 is 4.74 Å². The quantitative estimate of drug-likeness (QED) is 0.272. The van der Waals surface area contributed by atoms with Crippen LogP contribution in [0.25, 0.3) is 26.7 Å². The van der Waals surface area contributed by atoms with Crippen LogP contribution in [0.15, 0.2) is 71.6 Å². The highest BCUT2D eigenvalue weighted by molar-refractivity contribution is 7.90. The zero-order valence-corrected chi connectivity index (χ0v) is 19.8. The molecule has 0 aliphatic heterocycles. The lowest BCUT2D eigenvalue weighted by atomic mass is 10.1. The summed E-state index contributed by atoms with van der Waals surface area (Å²) >= 11 is 1.09. The van der Waals surface area contributed by atoms with Crippen LogP contribution in [-0.2, 0) is 26.9 Å². The topological polar surface area (TPSA) is 61.2 Å². The molecule has 0 fully saturated rings. The van der Waals surface area contributed by atoms with E-state index in [1.165, 1.54) is 24.3 Å². The predicted molar refractivity (Wildman–Crippen MR) is 121 cm³/mol.